The number of benzene rings is 1. The van der Waals surface area contributed by atoms with Gasteiger partial charge in [-0.3, -0.25) is 4.79 Å². The molecular formula is C18H29NO4S. The molecule has 0 bridgehead atoms. The molecule has 0 aromatic heterocycles. The van der Waals surface area contributed by atoms with Gasteiger partial charge in [-0.05, 0) is 25.3 Å². The third-order valence-electron chi connectivity index (χ3n) is 4.54. The maximum Gasteiger partial charge on any atom is 0.290 e. The molecule has 0 radical (unpaired) electrons. The minimum absolute atomic E-state index is 0.00233. The Morgan fingerprint density at radius 1 is 1.21 bits per heavy atom. The highest BCUT2D eigenvalue weighted by Crippen LogP contribution is 2.38. The standard InChI is InChI=1S/C17H27NO2S.CH2O2/c1-15(13-21(2,19)20)18-14-17(11-7-4-8-12-17)16-9-5-3-6-10-16;2-1-3/h3,5-6,9-10,15,18H,4,7-8,11-14H2,1-2H3;1H,(H,2,3). The van der Waals surface area contributed by atoms with Gasteiger partial charge in [0.05, 0.1) is 5.75 Å². The Labute approximate surface area is 145 Å². The summed E-state index contributed by atoms with van der Waals surface area (Å²) in [4.78, 5) is 8.36. The number of carboxylic acid groups (broad SMARTS) is 1. The molecule has 0 saturated heterocycles. The zero-order chi connectivity index (χ0) is 18.1. The van der Waals surface area contributed by atoms with Crippen LogP contribution < -0.4 is 5.32 Å². The van der Waals surface area contributed by atoms with Crippen LogP contribution in [0.4, 0.5) is 0 Å². The predicted octanol–water partition coefficient (Wildman–Crippen LogP) is 2.61. The molecule has 1 aromatic rings. The number of carbonyl (C=O) groups is 1. The lowest BCUT2D eigenvalue weighted by atomic mass is 9.69. The summed E-state index contributed by atoms with van der Waals surface area (Å²) in [6.45, 7) is 2.58. The van der Waals surface area contributed by atoms with Gasteiger partial charge in [0.25, 0.3) is 6.47 Å². The van der Waals surface area contributed by atoms with Gasteiger partial charge in [-0.2, -0.15) is 0 Å². The smallest absolute Gasteiger partial charge is 0.290 e. The van der Waals surface area contributed by atoms with Crippen molar-refractivity contribution in [2.75, 3.05) is 18.6 Å². The highest BCUT2D eigenvalue weighted by molar-refractivity contribution is 7.90. The lowest BCUT2D eigenvalue weighted by Gasteiger charge is -2.39. The summed E-state index contributed by atoms with van der Waals surface area (Å²) in [6, 6.07) is 10.7. The van der Waals surface area contributed by atoms with Crippen LogP contribution in [-0.4, -0.2) is 44.6 Å². The Balaban J connectivity index is 0.000000891. The van der Waals surface area contributed by atoms with E-state index >= 15 is 0 Å². The van der Waals surface area contributed by atoms with E-state index in [1.54, 1.807) is 0 Å². The van der Waals surface area contributed by atoms with Crippen molar-refractivity contribution in [2.24, 2.45) is 0 Å². The van der Waals surface area contributed by atoms with E-state index in [2.05, 4.69) is 35.6 Å². The molecular weight excluding hydrogens is 326 g/mol. The van der Waals surface area contributed by atoms with Crippen LogP contribution in [0.2, 0.25) is 0 Å². The molecule has 0 aliphatic heterocycles. The fourth-order valence-corrected chi connectivity index (χ4v) is 4.50. The monoisotopic (exact) mass is 355 g/mol. The molecule has 0 heterocycles. The van der Waals surface area contributed by atoms with Crippen molar-refractivity contribution < 1.29 is 18.3 Å². The van der Waals surface area contributed by atoms with E-state index in [9.17, 15) is 8.42 Å². The highest BCUT2D eigenvalue weighted by Gasteiger charge is 2.33. The van der Waals surface area contributed by atoms with E-state index in [1.165, 1.54) is 43.9 Å². The first-order valence-corrected chi connectivity index (χ1v) is 10.4. The summed E-state index contributed by atoms with van der Waals surface area (Å²) in [5.41, 5.74) is 1.56. The van der Waals surface area contributed by atoms with Gasteiger partial charge in [0, 0.05) is 24.3 Å². The second-order valence-electron chi connectivity index (χ2n) is 6.69. The Bertz CT molecular complexity index is 580. The fourth-order valence-electron chi connectivity index (χ4n) is 3.47. The maximum atomic E-state index is 11.4. The summed E-state index contributed by atoms with van der Waals surface area (Å²) in [7, 11) is -2.92. The van der Waals surface area contributed by atoms with Crippen LogP contribution in [0.1, 0.15) is 44.6 Å². The van der Waals surface area contributed by atoms with Crippen LogP contribution in [-0.2, 0) is 20.0 Å². The SMILES string of the molecule is CC(CS(C)(=O)=O)NCC1(c2ccccc2)CCCCC1.O=CO. The minimum atomic E-state index is -2.92. The molecule has 1 fully saturated rings. The van der Waals surface area contributed by atoms with Gasteiger partial charge in [0.2, 0.25) is 0 Å². The lowest BCUT2D eigenvalue weighted by Crippen LogP contribution is -2.44. The molecule has 2 rings (SSSR count). The Kier molecular flexibility index (Phi) is 8.42. The van der Waals surface area contributed by atoms with Crippen LogP contribution >= 0.6 is 0 Å². The van der Waals surface area contributed by atoms with E-state index < -0.39 is 9.84 Å². The van der Waals surface area contributed by atoms with Gasteiger partial charge in [0.1, 0.15) is 9.84 Å². The molecule has 24 heavy (non-hydrogen) atoms. The molecule has 0 amide bonds. The number of nitrogens with one attached hydrogen (secondary N) is 1. The van der Waals surface area contributed by atoms with Crippen molar-refractivity contribution in [3.63, 3.8) is 0 Å². The summed E-state index contributed by atoms with van der Waals surface area (Å²) in [5.74, 6) is 0.206. The van der Waals surface area contributed by atoms with Crippen LogP contribution in [0.15, 0.2) is 30.3 Å². The third-order valence-corrected chi connectivity index (χ3v) is 5.64. The molecule has 1 aliphatic carbocycles. The summed E-state index contributed by atoms with van der Waals surface area (Å²) < 4.78 is 22.8. The second-order valence-corrected chi connectivity index (χ2v) is 8.87. The predicted molar refractivity (Wildman–Crippen MR) is 97.1 cm³/mol. The molecule has 5 nitrogen and oxygen atoms in total. The number of hydrogen-bond acceptors (Lipinski definition) is 4. The van der Waals surface area contributed by atoms with Crippen molar-refractivity contribution in [2.45, 2.75) is 50.5 Å². The summed E-state index contributed by atoms with van der Waals surface area (Å²) >= 11 is 0. The fraction of sp³-hybridized carbons (Fsp3) is 0.611. The van der Waals surface area contributed by atoms with Crippen LogP contribution in [0.3, 0.4) is 0 Å². The van der Waals surface area contributed by atoms with E-state index in [0.29, 0.717) is 0 Å². The van der Waals surface area contributed by atoms with Crippen molar-refractivity contribution in [1.82, 2.24) is 5.32 Å². The van der Waals surface area contributed by atoms with E-state index in [-0.39, 0.29) is 23.7 Å². The van der Waals surface area contributed by atoms with Crippen molar-refractivity contribution in [3.8, 4) is 0 Å². The van der Waals surface area contributed by atoms with Crippen molar-refractivity contribution in [1.29, 1.82) is 0 Å². The molecule has 1 saturated carbocycles. The van der Waals surface area contributed by atoms with Crippen molar-refractivity contribution in [3.05, 3.63) is 35.9 Å². The molecule has 6 heteroatoms. The molecule has 1 aliphatic rings. The quantitative estimate of drug-likeness (QED) is 0.767. The Morgan fingerprint density at radius 3 is 2.25 bits per heavy atom. The van der Waals surface area contributed by atoms with Crippen LogP contribution in [0.25, 0.3) is 0 Å². The van der Waals surface area contributed by atoms with E-state index in [0.717, 1.165) is 6.54 Å². The molecule has 0 spiro atoms. The van der Waals surface area contributed by atoms with Crippen molar-refractivity contribution >= 4 is 16.3 Å². The van der Waals surface area contributed by atoms with Crippen LogP contribution in [0, 0.1) is 0 Å². The molecule has 1 unspecified atom stereocenters. The molecule has 1 atom stereocenters. The van der Waals surface area contributed by atoms with E-state index in [1.807, 2.05) is 6.92 Å². The molecule has 1 aromatic carbocycles. The highest BCUT2D eigenvalue weighted by atomic mass is 32.2. The van der Waals surface area contributed by atoms with Gasteiger partial charge < -0.3 is 10.4 Å². The second kappa shape index (κ2) is 9.79. The van der Waals surface area contributed by atoms with Gasteiger partial charge in [-0.1, -0.05) is 49.6 Å². The van der Waals surface area contributed by atoms with Gasteiger partial charge >= 0.3 is 0 Å². The number of hydrogen-bond donors (Lipinski definition) is 2. The first kappa shape index (κ1) is 20.6. The Morgan fingerprint density at radius 2 is 1.75 bits per heavy atom. The first-order valence-electron chi connectivity index (χ1n) is 8.37. The summed E-state index contributed by atoms with van der Waals surface area (Å²) in [5, 5.41) is 10.4. The lowest BCUT2D eigenvalue weighted by molar-refractivity contribution is -0.122. The zero-order valence-electron chi connectivity index (χ0n) is 14.6. The maximum absolute atomic E-state index is 11.4. The minimum Gasteiger partial charge on any atom is -0.483 e. The number of rotatable bonds is 6. The Hall–Kier alpha value is -1.40. The topological polar surface area (TPSA) is 83.5 Å². The molecule has 2 N–H and O–H groups in total. The van der Waals surface area contributed by atoms with Gasteiger partial charge in [-0.25, -0.2) is 8.42 Å². The average Bonchev–Trinajstić information content (AvgIpc) is 2.54. The normalized spacial score (nSPS) is 18.1. The molecule has 136 valence electrons. The number of sulfone groups is 1. The van der Waals surface area contributed by atoms with Crippen LogP contribution in [0.5, 0.6) is 0 Å². The van der Waals surface area contributed by atoms with Gasteiger partial charge in [0.15, 0.2) is 0 Å². The zero-order valence-corrected chi connectivity index (χ0v) is 15.4. The third kappa shape index (κ3) is 7.01. The average molecular weight is 356 g/mol. The largest absolute Gasteiger partial charge is 0.483 e. The van der Waals surface area contributed by atoms with Gasteiger partial charge in [-0.15, -0.1) is 0 Å². The van der Waals surface area contributed by atoms with E-state index in [4.69, 9.17) is 9.90 Å². The summed E-state index contributed by atoms with van der Waals surface area (Å²) in [6.07, 6.45) is 7.52. The first-order chi connectivity index (χ1) is 11.3.